The molecule has 0 aliphatic heterocycles. The Morgan fingerprint density at radius 3 is 2.60 bits per heavy atom. The summed E-state index contributed by atoms with van der Waals surface area (Å²) in [6.07, 6.45) is 2.71. The smallest absolute Gasteiger partial charge is 0.0990 e. The van der Waals surface area contributed by atoms with Gasteiger partial charge in [0.05, 0.1) is 12.2 Å². The molecular formula is C12H25NO2. The van der Waals surface area contributed by atoms with Gasteiger partial charge in [0.25, 0.3) is 0 Å². The first-order chi connectivity index (χ1) is 7.19. The summed E-state index contributed by atoms with van der Waals surface area (Å²) >= 11 is 0. The third-order valence-corrected chi connectivity index (χ3v) is 2.78. The van der Waals surface area contributed by atoms with E-state index in [0.717, 1.165) is 26.1 Å². The second-order valence-corrected chi connectivity index (χ2v) is 4.73. The third kappa shape index (κ3) is 3.74. The van der Waals surface area contributed by atoms with Gasteiger partial charge in [-0.25, -0.2) is 0 Å². The van der Waals surface area contributed by atoms with Crippen molar-refractivity contribution >= 4 is 0 Å². The van der Waals surface area contributed by atoms with Crippen LogP contribution in [0.25, 0.3) is 0 Å². The largest absolute Gasteiger partial charge is 0.375 e. The van der Waals surface area contributed by atoms with Crippen LogP contribution in [0.5, 0.6) is 0 Å². The molecule has 15 heavy (non-hydrogen) atoms. The monoisotopic (exact) mass is 215 g/mol. The van der Waals surface area contributed by atoms with Gasteiger partial charge in [-0.3, -0.25) is 0 Å². The summed E-state index contributed by atoms with van der Waals surface area (Å²) in [5.74, 6) is 0.602. The molecule has 0 aromatic rings. The fourth-order valence-corrected chi connectivity index (χ4v) is 1.82. The third-order valence-electron chi connectivity index (χ3n) is 2.78. The predicted molar refractivity (Wildman–Crippen MR) is 62.1 cm³/mol. The summed E-state index contributed by atoms with van der Waals surface area (Å²) in [7, 11) is 1.99. The van der Waals surface area contributed by atoms with Crippen LogP contribution in [-0.4, -0.2) is 38.5 Å². The molecule has 0 radical (unpaired) electrons. The summed E-state index contributed by atoms with van der Waals surface area (Å²) in [5.41, 5.74) is 0. The van der Waals surface area contributed by atoms with E-state index in [1.807, 2.05) is 7.05 Å². The average Bonchev–Trinajstić information content (AvgIpc) is 2.16. The number of nitrogens with one attached hydrogen (secondary N) is 1. The Balaban J connectivity index is 2.26. The molecule has 1 N–H and O–H groups in total. The SMILES string of the molecule is CCCOC1C(NC)CC1OCC(C)C. The number of rotatable bonds is 7. The summed E-state index contributed by atoms with van der Waals surface area (Å²) in [6.45, 7) is 8.17. The maximum atomic E-state index is 5.82. The highest BCUT2D eigenvalue weighted by molar-refractivity contribution is 4.96. The fourth-order valence-electron chi connectivity index (χ4n) is 1.82. The van der Waals surface area contributed by atoms with E-state index in [-0.39, 0.29) is 6.10 Å². The van der Waals surface area contributed by atoms with E-state index in [9.17, 15) is 0 Å². The highest BCUT2D eigenvalue weighted by Gasteiger charge is 2.41. The van der Waals surface area contributed by atoms with E-state index in [4.69, 9.17) is 9.47 Å². The lowest BCUT2D eigenvalue weighted by Gasteiger charge is -2.44. The van der Waals surface area contributed by atoms with Crippen LogP contribution in [-0.2, 0) is 9.47 Å². The molecule has 0 bridgehead atoms. The molecule has 3 heteroatoms. The van der Waals surface area contributed by atoms with E-state index in [1.54, 1.807) is 0 Å². The Hall–Kier alpha value is -0.120. The van der Waals surface area contributed by atoms with Crippen molar-refractivity contribution in [2.75, 3.05) is 20.3 Å². The molecule has 3 atom stereocenters. The van der Waals surface area contributed by atoms with Crippen LogP contribution >= 0.6 is 0 Å². The summed E-state index contributed by atoms with van der Waals surface area (Å²) in [6, 6.07) is 0.480. The van der Waals surface area contributed by atoms with Gasteiger partial charge in [0, 0.05) is 19.3 Å². The maximum Gasteiger partial charge on any atom is 0.0990 e. The maximum absolute atomic E-state index is 5.82. The minimum absolute atomic E-state index is 0.258. The minimum Gasteiger partial charge on any atom is -0.375 e. The Morgan fingerprint density at radius 1 is 1.33 bits per heavy atom. The van der Waals surface area contributed by atoms with Crippen LogP contribution in [0.15, 0.2) is 0 Å². The van der Waals surface area contributed by atoms with Gasteiger partial charge in [0.15, 0.2) is 0 Å². The van der Waals surface area contributed by atoms with E-state index in [1.165, 1.54) is 0 Å². The molecule has 0 saturated heterocycles. The zero-order valence-electron chi connectivity index (χ0n) is 10.5. The number of hydrogen-bond acceptors (Lipinski definition) is 3. The Bertz CT molecular complexity index is 173. The quantitative estimate of drug-likeness (QED) is 0.702. The van der Waals surface area contributed by atoms with Gasteiger partial charge in [-0.1, -0.05) is 20.8 Å². The summed E-state index contributed by atoms with van der Waals surface area (Å²) < 4.78 is 11.6. The molecule has 0 spiro atoms. The lowest BCUT2D eigenvalue weighted by molar-refractivity contribution is -0.149. The number of hydrogen-bond donors (Lipinski definition) is 1. The van der Waals surface area contributed by atoms with Gasteiger partial charge < -0.3 is 14.8 Å². The van der Waals surface area contributed by atoms with Crippen molar-refractivity contribution in [1.82, 2.24) is 5.32 Å². The number of likely N-dealkylation sites (N-methyl/N-ethyl adjacent to an activating group) is 1. The van der Waals surface area contributed by atoms with Crippen LogP contribution in [0.1, 0.15) is 33.6 Å². The van der Waals surface area contributed by atoms with Crippen molar-refractivity contribution in [3.63, 3.8) is 0 Å². The predicted octanol–water partition coefficient (Wildman–Crippen LogP) is 1.81. The first-order valence-corrected chi connectivity index (χ1v) is 6.09. The molecule has 3 nitrogen and oxygen atoms in total. The van der Waals surface area contributed by atoms with Gasteiger partial charge in [0.2, 0.25) is 0 Å². The molecular weight excluding hydrogens is 190 g/mol. The molecule has 1 fully saturated rings. The normalized spacial score (nSPS) is 30.6. The molecule has 1 rings (SSSR count). The van der Waals surface area contributed by atoms with Crippen molar-refractivity contribution in [2.45, 2.75) is 51.9 Å². The first-order valence-electron chi connectivity index (χ1n) is 6.09. The van der Waals surface area contributed by atoms with Crippen molar-refractivity contribution in [3.8, 4) is 0 Å². The second kappa shape index (κ2) is 6.46. The van der Waals surface area contributed by atoms with Gasteiger partial charge in [-0.05, 0) is 25.8 Å². The minimum atomic E-state index is 0.258. The van der Waals surface area contributed by atoms with Crippen molar-refractivity contribution in [1.29, 1.82) is 0 Å². The van der Waals surface area contributed by atoms with Gasteiger partial charge in [-0.2, -0.15) is 0 Å². The molecule has 0 aromatic carbocycles. The highest BCUT2D eigenvalue weighted by atomic mass is 16.5. The Labute approximate surface area is 93.5 Å². The summed E-state index contributed by atoms with van der Waals surface area (Å²) in [5, 5.41) is 3.27. The molecule has 1 aliphatic rings. The molecule has 1 saturated carbocycles. The highest BCUT2D eigenvalue weighted by Crippen LogP contribution is 2.27. The average molecular weight is 215 g/mol. The number of ether oxygens (including phenoxy) is 2. The zero-order chi connectivity index (χ0) is 11.3. The first kappa shape index (κ1) is 12.9. The molecule has 0 amide bonds. The van der Waals surface area contributed by atoms with Crippen molar-refractivity contribution < 1.29 is 9.47 Å². The second-order valence-electron chi connectivity index (χ2n) is 4.73. The Morgan fingerprint density at radius 2 is 2.07 bits per heavy atom. The van der Waals surface area contributed by atoms with Crippen LogP contribution in [0.4, 0.5) is 0 Å². The van der Waals surface area contributed by atoms with Crippen LogP contribution in [0.3, 0.4) is 0 Å². The molecule has 0 aromatic heterocycles. The van der Waals surface area contributed by atoms with E-state index < -0.39 is 0 Å². The van der Waals surface area contributed by atoms with Gasteiger partial charge >= 0.3 is 0 Å². The molecule has 0 heterocycles. The lowest BCUT2D eigenvalue weighted by atomic mass is 9.85. The molecule has 3 unspecified atom stereocenters. The topological polar surface area (TPSA) is 30.5 Å². The Kier molecular flexibility index (Phi) is 5.58. The van der Waals surface area contributed by atoms with Gasteiger partial charge in [-0.15, -0.1) is 0 Å². The molecule has 90 valence electrons. The van der Waals surface area contributed by atoms with Crippen LogP contribution < -0.4 is 5.32 Å². The van der Waals surface area contributed by atoms with E-state index >= 15 is 0 Å². The van der Waals surface area contributed by atoms with Crippen LogP contribution in [0, 0.1) is 5.92 Å². The summed E-state index contributed by atoms with van der Waals surface area (Å²) in [4.78, 5) is 0. The van der Waals surface area contributed by atoms with E-state index in [0.29, 0.717) is 18.1 Å². The zero-order valence-corrected chi connectivity index (χ0v) is 10.5. The molecule has 1 aliphatic carbocycles. The van der Waals surface area contributed by atoms with Crippen LogP contribution in [0.2, 0.25) is 0 Å². The van der Waals surface area contributed by atoms with E-state index in [2.05, 4.69) is 26.1 Å². The van der Waals surface area contributed by atoms with Crippen molar-refractivity contribution in [3.05, 3.63) is 0 Å². The lowest BCUT2D eigenvalue weighted by Crippen LogP contribution is -2.59. The van der Waals surface area contributed by atoms with Crippen molar-refractivity contribution in [2.24, 2.45) is 5.92 Å². The fraction of sp³-hybridized carbons (Fsp3) is 1.00. The standard InChI is InChI=1S/C12H25NO2/c1-5-6-14-12-10(13-4)7-11(12)15-8-9(2)3/h9-13H,5-8H2,1-4H3. The van der Waals surface area contributed by atoms with Gasteiger partial charge in [0.1, 0.15) is 0 Å².